The molecule has 0 saturated carbocycles. The molecule has 1 nitrogen and oxygen atoms in total. The Labute approximate surface area is 77.4 Å². The smallest absolute Gasteiger partial charge is 1.00 e. The molecule has 0 bridgehead atoms. The normalized spacial score (nSPS) is 6.00. The second-order valence-electron chi connectivity index (χ2n) is 0.707. The SMILES string of the molecule is CCNC.[H-].[K+]. The molecule has 0 aliphatic rings. The minimum atomic E-state index is 0. The van der Waals surface area contributed by atoms with Crippen molar-refractivity contribution in [3.05, 3.63) is 0 Å². The van der Waals surface area contributed by atoms with E-state index in [0.29, 0.717) is 0 Å². The van der Waals surface area contributed by atoms with Gasteiger partial charge in [-0.1, -0.05) is 6.92 Å². The van der Waals surface area contributed by atoms with Gasteiger partial charge in [0.05, 0.1) is 0 Å². The van der Waals surface area contributed by atoms with Gasteiger partial charge < -0.3 is 6.74 Å². The maximum absolute atomic E-state index is 2.93. The van der Waals surface area contributed by atoms with Crippen LogP contribution in [0.15, 0.2) is 0 Å². The van der Waals surface area contributed by atoms with Crippen molar-refractivity contribution >= 4 is 0 Å². The molecule has 0 unspecified atom stereocenters. The van der Waals surface area contributed by atoms with Crippen LogP contribution in [0.2, 0.25) is 0 Å². The number of hydrogen-bond donors (Lipinski definition) is 1. The summed E-state index contributed by atoms with van der Waals surface area (Å²) in [5.74, 6) is 0. The van der Waals surface area contributed by atoms with Gasteiger partial charge in [0.15, 0.2) is 0 Å². The van der Waals surface area contributed by atoms with Gasteiger partial charge in [-0.25, -0.2) is 0 Å². The number of nitrogens with one attached hydrogen (secondary N) is 1. The van der Waals surface area contributed by atoms with Crippen LogP contribution in [0.3, 0.4) is 0 Å². The third-order valence-corrected chi connectivity index (χ3v) is 0.354. The Morgan fingerprint density at radius 1 is 1.80 bits per heavy atom. The standard InChI is InChI=1S/C3H9N.K.H/c1-3-4-2;;/h4H,3H2,1-2H3;;/q;+1;-1. The molecule has 0 radical (unpaired) electrons. The summed E-state index contributed by atoms with van der Waals surface area (Å²) in [5.41, 5.74) is 0. The van der Waals surface area contributed by atoms with Crippen molar-refractivity contribution in [3.63, 3.8) is 0 Å². The maximum atomic E-state index is 2.93. The van der Waals surface area contributed by atoms with Crippen LogP contribution in [0.4, 0.5) is 0 Å². The molecule has 0 aromatic rings. The van der Waals surface area contributed by atoms with E-state index >= 15 is 0 Å². The molecule has 0 aliphatic carbocycles. The van der Waals surface area contributed by atoms with Gasteiger partial charge in [-0.15, -0.1) is 0 Å². The molecule has 5 heavy (non-hydrogen) atoms. The summed E-state index contributed by atoms with van der Waals surface area (Å²) in [6.45, 7) is 3.14. The van der Waals surface area contributed by atoms with E-state index in [2.05, 4.69) is 12.2 Å². The first-order chi connectivity index (χ1) is 1.91. The summed E-state index contributed by atoms with van der Waals surface area (Å²) >= 11 is 0. The minimum absolute atomic E-state index is 0. The van der Waals surface area contributed by atoms with E-state index in [1.165, 1.54) is 0 Å². The first-order valence-electron chi connectivity index (χ1n) is 1.56. The Kier molecular flexibility index (Phi) is 17.9. The van der Waals surface area contributed by atoms with Crippen LogP contribution in [0.25, 0.3) is 0 Å². The van der Waals surface area contributed by atoms with Gasteiger partial charge in [0.2, 0.25) is 0 Å². The van der Waals surface area contributed by atoms with Crippen molar-refractivity contribution in [1.82, 2.24) is 5.32 Å². The van der Waals surface area contributed by atoms with Crippen LogP contribution in [0.1, 0.15) is 8.35 Å². The summed E-state index contributed by atoms with van der Waals surface area (Å²) in [5, 5.41) is 2.93. The van der Waals surface area contributed by atoms with Crippen molar-refractivity contribution in [2.45, 2.75) is 6.92 Å². The van der Waals surface area contributed by atoms with Crippen LogP contribution in [-0.4, -0.2) is 13.6 Å². The van der Waals surface area contributed by atoms with Crippen LogP contribution >= 0.6 is 0 Å². The second-order valence-corrected chi connectivity index (χ2v) is 0.707. The Balaban J connectivity index is -0.0000000450. The van der Waals surface area contributed by atoms with Gasteiger partial charge in [0, 0.05) is 0 Å². The third kappa shape index (κ3) is 10.7. The fraction of sp³-hybridized carbons (Fsp3) is 1.00. The van der Waals surface area contributed by atoms with Gasteiger partial charge in [-0.3, -0.25) is 0 Å². The van der Waals surface area contributed by atoms with E-state index < -0.39 is 0 Å². The van der Waals surface area contributed by atoms with E-state index in [0.717, 1.165) is 6.54 Å². The quantitative estimate of drug-likeness (QED) is 0.354. The van der Waals surface area contributed by atoms with Gasteiger partial charge >= 0.3 is 51.4 Å². The molecule has 0 atom stereocenters. The zero-order valence-corrected chi connectivity index (χ0v) is 7.33. The summed E-state index contributed by atoms with van der Waals surface area (Å²) in [4.78, 5) is 0. The Hall–Kier alpha value is 1.60. The summed E-state index contributed by atoms with van der Waals surface area (Å²) in [6.07, 6.45) is 0. The average Bonchev–Trinajstić information content (AvgIpc) is 1.37. The van der Waals surface area contributed by atoms with E-state index in [1.807, 2.05) is 7.05 Å². The van der Waals surface area contributed by atoms with Crippen molar-refractivity contribution in [2.24, 2.45) is 0 Å². The van der Waals surface area contributed by atoms with Gasteiger partial charge in [-0.2, -0.15) is 0 Å². The monoisotopic (exact) mass is 99.0 g/mol. The number of rotatable bonds is 1. The molecular formula is C3H10KN. The van der Waals surface area contributed by atoms with Gasteiger partial charge in [0.1, 0.15) is 0 Å². The van der Waals surface area contributed by atoms with Crippen LogP contribution in [-0.2, 0) is 0 Å². The van der Waals surface area contributed by atoms with Crippen LogP contribution < -0.4 is 56.7 Å². The molecule has 0 heterocycles. The first-order valence-corrected chi connectivity index (χ1v) is 1.56. The molecule has 0 aromatic heterocycles. The van der Waals surface area contributed by atoms with Gasteiger partial charge in [-0.05, 0) is 13.6 Å². The summed E-state index contributed by atoms with van der Waals surface area (Å²) in [6, 6.07) is 0. The molecule has 0 saturated heterocycles. The minimum Gasteiger partial charge on any atom is -1.00 e. The fourth-order valence-electron chi connectivity index (χ4n) is 0. The predicted molar refractivity (Wildman–Crippen MR) is 20.7 cm³/mol. The predicted octanol–water partition coefficient (Wildman–Crippen LogP) is -2.66. The maximum Gasteiger partial charge on any atom is 1.00 e. The molecule has 0 aromatic carbocycles. The zero-order valence-electron chi connectivity index (χ0n) is 5.21. The van der Waals surface area contributed by atoms with E-state index in [4.69, 9.17) is 0 Å². The molecule has 0 rings (SSSR count). The average molecular weight is 99.2 g/mol. The fourth-order valence-corrected chi connectivity index (χ4v) is 0. The first kappa shape index (κ1) is 9.78. The van der Waals surface area contributed by atoms with E-state index in [-0.39, 0.29) is 52.8 Å². The Bertz CT molecular complexity index is 12.8. The molecule has 28 valence electrons. The Morgan fingerprint density at radius 3 is 2.00 bits per heavy atom. The number of hydrogen-bond acceptors (Lipinski definition) is 1. The van der Waals surface area contributed by atoms with Crippen molar-refractivity contribution in [3.8, 4) is 0 Å². The summed E-state index contributed by atoms with van der Waals surface area (Å²) in [7, 11) is 1.93. The van der Waals surface area contributed by atoms with Crippen molar-refractivity contribution in [1.29, 1.82) is 0 Å². The van der Waals surface area contributed by atoms with Crippen molar-refractivity contribution in [2.75, 3.05) is 13.6 Å². The molecule has 0 spiro atoms. The largest absolute Gasteiger partial charge is 1.00 e. The topological polar surface area (TPSA) is 12.0 Å². The van der Waals surface area contributed by atoms with Gasteiger partial charge in [0.25, 0.3) is 0 Å². The van der Waals surface area contributed by atoms with E-state index in [9.17, 15) is 0 Å². The molecule has 0 amide bonds. The van der Waals surface area contributed by atoms with Crippen LogP contribution in [0.5, 0.6) is 0 Å². The van der Waals surface area contributed by atoms with Crippen molar-refractivity contribution < 1.29 is 52.8 Å². The Morgan fingerprint density at radius 2 is 2.00 bits per heavy atom. The molecule has 2 heteroatoms. The summed E-state index contributed by atoms with van der Waals surface area (Å²) < 4.78 is 0. The zero-order chi connectivity index (χ0) is 3.41. The third-order valence-electron chi connectivity index (χ3n) is 0.354. The molecule has 0 aliphatic heterocycles. The molecular weight excluding hydrogens is 89.1 g/mol. The second kappa shape index (κ2) is 9.14. The molecule has 1 N–H and O–H groups in total. The molecule has 0 fully saturated rings. The van der Waals surface area contributed by atoms with E-state index in [1.54, 1.807) is 0 Å². The van der Waals surface area contributed by atoms with Crippen LogP contribution in [0, 0.1) is 0 Å².